The van der Waals surface area contributed by atoms with Gasteiger partial charge in [-0.05, 0) is 31.0 Å². The number of methoxy groups -OCH3 is 1. The monoisotopic (exact) mass is 329 g/mol. The summed E-state index contributed by atoms with van der Waals surface area (Å²) in [7, 11) is 1.36. The van der Waals surface area contributed by atoms with Crippen molar-refractivity contribution in [1.29, 1.82) is 0 Å². The molecule has 7 heteroatoms. The number of benzene rings is 1. The van der Waals surface area contributed by atoms with Crippen LogP contribution >= 0.6 is 0 Å². The molecule has 1 heterocycles. The lowest BCUT2D eigenvalue weighted by molar-refractivity contribution is 0.0601. The fraction of sp³-hybridized carbons (Fsp3) is 0.412. The maximum atomic E-state index is 11.6. The highest BCUT2D eigenvalue weighted by atomic mass is 16.5. The van der Waals surface area contributed by atoms with Gasteiger partial charge in [0.25, 0.3) is 0 Å². The highest BCUT2D eigenvalue weighted by Crippen LogP contribution is 2.18. The number of carbonyl (C=O) groups excluding carboxylic acids is 1. The highest BCUT2D eigenvalue weighted by molar-refractivity contribution is 5.90. The minimum atomic E-state index is -0.378. The van der Waals surface area contributed by atoms with Crippen molar-refractivity contribution >= 4 is 23.4 Å². The molecule has 0 saturated carbocycles. The number of carbonyl (C=O) groups is 1. The molecule has 24 heavy (non-hydrogen) atoms. The number of nitrogens with one attached hydrogen (secondary N) is 1. The Morgan fingerprint density at radius 3 is 2.67 bits per heavy atom. The molecule has 0 aliphatic carbocycles. The minimum Gasteiger partial charge on any atom is -0.465 e. The number of aromatic nitrogens is 3. The van der Waals surface area contributed by atoms with E-state index in [4.69, 9.17) is 4.74 Å². The molecule has 7 nitrogen and oxygen atoms in total. The van der Waals surface area contributed by atoms with Gasteiger partial charge in [-0.2, -0.15) is 10.1 Å². The van der Waals surface area contributed by atoms with Gasteiger partial charge in [-0.15, -0.1) is 5.10 Å². The van der Waals surface area contributed by atoms with Crippen LogP contribution in [0.1, 0.15) is 37.0 Å². The second-order valence-corrected chi connectivity index (χ2v) is 5.33. The molecule has 1 aromatic carbocycles. The molecular weight excluding hydrogens is 306 g/mol. The van der Waals surface area contributed by atoms with Gasteiger partial charge in [-0.25, -0.2) is 4.79 Å². The van der Waals surface area contributed by atoms with Crippen LogP contribution in [0.5, 0.6) is 0 Å². The maximum absolute atomic E-state index is 11.6. The summed E-state index contributed by atoms with van der Waals surface area (Å²) in [4.78, 5) is 18.3. The van der Waals surface area contributed by atoms with Crippen LogP contribution in [-0.4, -0.2) is 41.3 Å². The second-order valence-electron chi connectivity index (χ2n) is 5.33. The maximum Gasteiger partial charge on any atom is 0.337 e. The van der Waals surface area contributed by atoms with Crippen molar-refractivity contribution in [3.63, 3.8) is 0 Å². The van der Waals surface area contributed by atoms with Crippen LogP contribution < -0.4 is 10.2 Å². The third kappa shape index (κ3) is 4.65. The first-order chi connectivity index (χ1) is 11.7. The van der Waals surface area contributed by atoms with Gasteiger partial charge in [0.15, 0.2) is 5.82 Å². The largest absolute Gasteiger partial charge is 0.465 e. The molecule has 1 aromatic heterocycles. The van der Waals surface area contributed by atoms with Crippen molar-refractivity contribution in [1.82, 2.24) is 15.2 Å². The molecule has 2 rings (SSSR count). The van der Waals surface area contributed by atoms with Crippen molar-refractivity contribution in [2.45, 2.75) is 26.7 Å². The van der Waals surface area contributed by atoms with E-state index in [0.29, 0.717) is 17.3 Å². The molecule has 0 amide bonds. The fourth-order valence-electron chi connectivity index (χ4n) is 2.33. The van der Waals surface area contributed by atoms with Crippen LogP contribution in [-0.2, 0) is 4.74 Å². The smallest absolute Gasteiger partial charge is 0.337 e. The van der Waals surface area contributed by atoms with Gasteiger partial charge in [0, 0.05) is 18.8 Å². The van der Waals surface area contributed by atoms with Gasteiger partial charge in [0.2, 0.25) is 5.95 Å². The van der Waals surface area contributed by atoms with Crippen molar-refractivity contribution in [3.05, 3.63) is 36.0 Å². The lowest BCUT2D eigenvalue weighted by Crippen LogP contribution is -2.27. The summed E-state index contributed by atoms with van der Waals surface area (Å²) in [6.45, 7) is 6.01. The molecule has 0 bridgehead atoms. The zero-order chi connectivity index (χ0) is 17.4. The Bertz CT molecular complexity index is 672. The molecule has 0 unspecified atom stereocenters. The van der Waals surface area contributed by atoms with E-state index in [-0.39, 0.29) is 5.97 Å². The minimum absolute atomic E-state index is 0.378. The summed E-state index contributed by atoms with van der Waals surface area (Å²) >= 11 is 0. The van der Waals surface area contributed by atoms with E-state index in [0.717, 1.165) is 31.6 Å². The summed E-state index contributed by atoms with van der Waals surface area (Å²) < 4.78 is 4.73. The topological polar surface area (TPSA) is 80.2 Å². The van der Waals surface area contributed by atoms with Crippen LogP contribution in [0, 0.1) is 0 Å². The number of hydrogen-bond donors (Lipinski definition) is 1. The van der Waals surface area contributed by atoms with Gasteiger partial charge in [0.1, 0.15) is 0 Å². The Kier molecular flexibility index (Phi) is 6.48. The van der Waals surface area contributed by atoms with E-state index in [9.17, 15) is 4.79 Å². The molecule has 0 spiro atoms. The quantitative estimate of drug-likeness (QED) is 0.746. The van der Waals surface area contributed by atoms with Crippen molar-refractivity contribution in [2.75, 3.05) is 30.4 Å². The Labute approximate surface area is 142 Å². The average molecular weight is 329 g/mol. The third-order valence-corrected chi connectivity index (χ3v) is 3.37. The number of esters is 1. The summed E-state index contributed by atoms with van der Waals surface area (Å²) in [6.07, 6.45) is 3.59. The molecule has 0 aliphatic rings. The number of rotatable bonds is 8. The normalized spacial score (nSPS) is 10.3. The van der Waals surface area contributed by atoms with Gasteiger partial charge < -0.3 is 15.0 Å². The van der Waals surface area contributed by atoms with Crippen LogP contribution in [0.4, 0.5) is 17.5 Å². The molecule has 2 aromatic rings. The Morgan fingerprint density at radius 1 is 1.25 bits per heavy atom. The van der Waals surface area contributed by atoms with Crippen LogP contribution in [0.3, 0.4) is 0 Å². The van der Waals surface area contributed by atoms with Crippen molar-refractivity contribution in [2.24, 2.45) is 0 Å². The number of hydrogen-bond acceptors (Lipinski definition) is 7. The lowest BCUT2D eigenvalue weighted by atomic mass is 10.2. The Morgan fingerprint density at radius 2 is 2.00 bits per heavy atom. The van der Waals surface area contributed by atoms with E-state index in [2.05, 4.69) is 39.2 Å². The van der Waals surface area contributed by atoms with Gasteiger partial charge in [0.05, 0.1) is 18.9 Å². The zero-order valence-corrected chi connectivity index (χ0v) is 14.3. The van der Waals surface area contributed by atoms with E-state index in [1.807, 2.05) is 6.07 Å². The second kappa shape index (κ2) is 8.81. The Hall–Kier alpha value is -2.70. The molecule has 128 valence electrons. The molecule has 0 radical (unpaired) electrons. The van der Waals surface area contributed by atoms with Gasteiger partial charge in [-0.3, -0.25) is 0 Å². The van der Waals surface area contributed by atoms with Crippen molar-refractivity contribution < 1.29 is 9.53 Å². The predicted molar refractivity (Wildman–Crippen MR) is 93.7 cm³/mol. The van der Waals surface area contributed by atoms with E-state index in [1.54, 1.807) is 24.4 Å². The first-order valence-corrected chi connectivity index (χ1v) is 8.08. The first-order valence-electron chi connectivity index (χ1n) is 8.08. The van der Waals surface area contributed by atoms with Gasteiger partial charge in [-0.1, -0.05) is 19.9 Å². The molecular formula is C17H23N5O2. The molecule has 0 saturated heterocycles. The third-order valence-electron chi connectivity index (χ3n) is 3.37. The van der Waals surface area contributed by atoms with Crippen molar-refractivity contribution in [3.8, 4) is 0 Å². The van der Waals surface area contributed by atoms with E-state index >= 15 is 0 Å². The average Bonchev–Trinajstić information content (AvgIpc) is 2.61. The Balaban J connectivity index is 2.18. The van der Waals surface area contributed by atoms with Crippen LogP contribution in [0.2, 0.25) is 0 Å². The molecule has 0 aliphatic heterocycles. The molecule has 1 N–H and O–H groups in total. The van der Waals surface area contributed by atoms with Crippen LogP contribution in [0.15, 0.2) is 30.5 Å². The van der Waals surface area contributed by atoms with Crippen LogP contribution in [0.25, 0.3) is 0 Å². The molecule has 0 atom stereocenters. The fourth-order valence-corrected chi connectivity index (χ4v) is 2.33. The summed E-state index contributed by atoms with van der Waals surface area (Å²) in [5, 5.41) is 11.3. The van der Waals surface area contributed by atoms with Gasteiger partial charge >= 0.3 is 5.97 Å². The lowest BCUT2D eigenvalue weighted by Gasteiger charge is -2.21. The number of ether oxygens (including phenoxy) is 1. The standard InChI is InChI=1S/C17H23N5O2/c1-4-9-22(10-5-2)17-20-15(12-18-21-17)19-14-8-6-7-13(11-14)16(23)24-3/h6-8,11-12H,4-5,9-10H2,1-3H3,(H,19,20,21). The summed E-state index contributed by atoms with van der Waals surface area (Å²) in [6, 6.07) is 7.04. The predicted octanol–water partition coefficient (Wildman–Crippen LogP) is 3.03. The zero-order valence-electron chi connectivity index (χ0n) is 14.3. The SMILES string of the molecule is CCCN(CCC)c1nncc(Nc2cccc(C(=O)OC)c2)n1. The van der Waals surface area contributed by atoms with E-state index < -0.39 is 0 Å². The summed E-state index contributed by atoms with van der Waals surface area (Å²) in [5.41, 5.74) is 1.21. The molecule has 0 fully saturated rings. The first kappa shape index (κ1) is 17.7. The highest BCUT2D eigenvalue weighted by Gasteiger charge is 2.10. The number of nitrogens with zero attached hydrogens (tertiary/aromatic N) is 4. The summed E-state index contributed by atoms with van der Waals surface area (Å²) in [5.74, 6) is 0.810. The number of anilines is 3. The van der Waals surface area contributed by atoms with E-state index in [1.165, 1.54) is 7.11 Å².